The number of hydrogen-bond donors (Lipinski definition) is 0. The number of anilines is 1. The zero-order chi connectivity index (χ0) is 15.8. The van der Waals surface area contributed by atoms with Gasteiger partial charge in [-0.05, 0) is 25.1 Å². The molecule has 1 aromatic carbocycles. The molecule has 0 radical (unpaired) electrons. The Morgan fingerprint density at radius 2 is 2.14 bits per heavy atom. The Morgan fingerprint density at radius 1 is 1.48 bits per heavy atom. The van der Waals surface area contributed by atoms with Crippen LogP contribution in [0.5, 0.6) is 0 Å². The average molecular weight is 319 g/mol. The van der Waals surface area contributed by atoms with Crippen molar-refractivity contribution in [3.05, 3.63) is 28.8 Å². The first-order valence-electron chi connectivity index (χ1n) is 5.99. The Hall–Kier alpha value is -1.94. The summed E-state index contributed by atoms with van der Waals surface area (Å²) in [5.74, 6) is 0. The van der Waals surface area contributed by atoms with Crippen LogP contribution in [0.3, 0.4) is 0 Å². The van der Waals surface area contributed by atoms with Crippen molar-refractivity contribution >= 4 is 23.4 Å². The van der Waals surface area contributed by atoms with Crippen LogP contribution in [0.15, 0.2) is 18.2 Å². The molecule has 112 valence electrons. The number of nitrogens with zero attached hydrogens (tertiary/aromatic N) is 2. The van der Waals surface area contributed by atoms with Gasteiger partial charge in [0.1, 0.15) is 12.2 Å². The molecule has 0 aliphatic carbocycles. The zero-order valence-electron chi connectivity index (χ0n) is 10.8. The molecule has 2 atom stereocenters. The summed E-state index contributed by atoms with van der Waals surface area (Å²) < 4.78 is 42.8. The number of nitriles is 1. The van der Waals surface area contributed by atoms with Crippen molar-refractivity contribution in [2.45, 2.75) is 31.7 Å². The van der Waals surface area contributed by atoms with Crippen molar-refractivity contribution in [2.75, 3.05) is 4.90 Å². The molecule has 0 N–H and O–H groups in total. The van der Waals surface area contributed by atoms with Crippen LogP contribution in [0.1, 0.15) is 18.9 Å². The topological polar surface area (TPSA) is 53.3 Å². The van der Waals surface area contributed by atoms with E-state index in [1.54, 1.807) is 0 Å². The number of alkyl halides is 3. The minimum Gasteiger partial charge on any atom is -0.444 e. The molecule has 0 saturated carbocycles. The molecule has 0 bridgehead atoms. The summed E-state index contributed by atoms with van der Waals surface area (Å²) in [6, 6.07) is 4.67. The van der Waals surface area contributed by atoms with Crippen LogP contribution in [0.4, 0.5) is 23.7 Å². The maximum atomic E-state index is 12.6. The van der Waals surface area contributed by atoms with Gasteiger partial charge in [-0.25, -0.2) is 4.79 Å². The summed E-state index contributed by atoms with van der Waals surface area (Å²) in [5.41, 5.74) is 0.344. The molecule has 21 heavy (non-hydrogen) atoms. The predicted octanol–water partition coefficient (Wildman–Crippen LogP) is 3.88. The third-order valence-electron chi connectivity index (χ3n) is 3.15. The Labute approximate surface area is 123 Å². The van der Waals surface area contributed by atoms with E-state index in [4.69, 9.17) is 21.6 Å². The summed E-state index contributed by atoms with van der Waals surface area (Å²) in [4.78, 5) is 12.7. The first-order valence-corrected chi connectivity index (χ1v) is 6.37. The largest absolute Gasteiger partial charge is 0.444 e. The number of amides is 1. The van der Waals surface area contributed by atoms with E-state index < -0.39 is 30.8 Å². The van der Waals surface area contributed by atoms with Gasteiger partial charge >= 0.3 is 12.3 Å². The van der Waals surface area contributed by atoms with E-state index in [1.165, 1.54) is 25.1 Å². The van der Waals surface area contributed by atoms with Crippen LogP contribution in [0, 0.1) is 11.3 Å². The number of carbonyl (C=O) groups excluding carboxylic acids is 1. The molecular formula is C13H10ClF3N2O2. The van der Waals surface area contributed by atoms with Gasteiger partial charge < -0.3 is 4.74 Å². The summed E-state index contributed by atoms with van der Waals surface area (Å²) in [5, 5.41) is 8.85. The molecule has 2 unspecified atom stereocenters. The first-order chi connectivity index (χ1) is 9.73. The van der Waals surface area contributed by atoms with Gasteiger partial charge in [-0.1, -0.05) is 11.6 Å². The summed E-state index contributed by atoms with van der Waals surface area (Å²) in [6.07, 6.45) is -7.37. The molecule has 4 nitrogen and oxygen atoms in total. The molecular weight excluding hydrogens is 309 g/mol. The van der Waals surface area contributed by atoms with Crippen molar-refractivity contribution in [1.29, 1.82) is 5.26 Å². The lowest BCUT2D eigenvalue weighted by molar-refractivity contribution is -0.140. The molecule has 1 aliphatic rings. The van der Waals surface area contributed by atoms with E-state index in [9.17, 15) is 18.0 Å². The van der Waals surface area contributed by atoms with Crippen LogP contribution in [-0.2, 0) is 4.74 Å². The second-order valence-electron chi connectivity index (χ2n) is 4.62. The molecule has 1 fully saturated rings. The molecule has 1 amide bonds. The number of hydrogen-bond acceptors (Lipinski definition) is 3. The molecule has 0 spiro atoms. The van der Waals surface area contributed by atoms with Crippen molar-refractivity contribution in [1.82, 2.24) is 0 Å². The number of rotatable bonds is 2. The van der Waals surface area contributed by atoms with E-state index in [1.807, 2.05) is 6.07 Å². The second-order valence-corrected chi connectivity index (χ2v) is 5.03. The Morgan fingerprint density at radius 3 is 2.67 bits per heavy atom. The Bertz CT molecular complexity index is 612. The van der Waals surface area contributed by atoms with Gasteiger partial charge in [0, 0.05) is 5.69 Å². The number of benzene rings is 1. The fourth-order valence-corrected chi connectivity index (χ4v) is 2.39. The Kier molecular flexibility index (Phi) is 4.01. The fourth-order valence-electron chi connectivity index (χ4n) is 2.18. The van der Waals surface area contributed by atoms with E-state index >= 15 is 0 Å². The third-order valence-corrected chi connectivity index (χ3v) is 3.46. The van der Waals surface area contributed by atoms with Crippen molar-refractivity contribution in [3.63, 3.8) is 0 Å². The maximum Gasteiger partial charge on any atom is 0.415 e. The molecule has 0 aromatic heterocycles. The van der Waals surface area contributed by atoms with Gasteiger partial charge in [0.25, 0.3) is 0 Å². The highest BCUT2D eigenvalue weighted by molar-refractivity contribution is 6.32. The third kappa shape index (κ3) is 3.22. The summed E-state index contributed by atoms with van der Waals surface area (Å²) in [6.45, 7) is 1.40. The molecule has 1 saturated heterocycles. The normalized spacial score (nSPS) is 22.1. The van der Waals surface area contributed by atoms with Crippen molar-refractivity contribution in [2.24, 2.45) is 0 Å². The van der Waals surface area contributed by atoms with Crippen LogP contribution < -0.4 is 4.90 Å². The number of carbonyl (C=O) groups is 1. The lowest BCUT2D eigenvalue weighted by atomic mass is 10.1. The molecule has 2 rings (SSSR count). The lowest BCUT2D eigenvalue weighted by Crippen LogP contribution is -2.39. The minimum atomic E-state index is -4.43. The smallest absolute Gasteiger partial charge is 0.415 e. The summed E-state index contributed by atoms with van der Waals surface area (Å²) in [7, 11) is 0. The van der Waals surface area contributed by atoms with Gasteiger partial charge in [0.15, 0.2) is 0 Å². The minimum absolute atomic E-state index is 0.0631. The number of ether oxygens (including phenoxy) is 1. The van der Waals surface area contributed by atoms with E-state index in [0.717, 1.165) is 4.90 Å². The molecule has 1 heterocycles. The van der Waals surface area contributed by atoms with Crippen molar-refractivity contribution in [3.8, 4) is 6.07 Å². The van der Waals surface area contributed by atoms with Gasteiger partial charge in [-0.3, -0.25) is 4.90 Å². The van der Waals surface area contributed by atoms with Gasteiger partial charge in [0.05, 0.1) is 23.0 Å². The Balaban J connectivity index is 2.37. The SMILES string of the molecule is CC1OC(=O)N(c2ccc(C#N)c(Cl)c2)C1CC(F)(F)F. The fraction of sp³-hybridized carbons (Fsp3) is 0.385. The first kappa shape index (κ1) is 15.4. The molecule has 8 heteroatoms. The van der Waals surface area contributed by atoms with Crippen LogP contribution in [0.2, 0.25) is 5.02 Å². The van der Waals surface area contributed by atoms with Crippen molar-refractivity contribution < 1.29 is 22.7 Å². The number of cyclic esters (lactones) is 1. The highest BCUT2D eigenvalue weighted by Crippen LogP contribution is 2.35. The zero-order valence-corrected chi connectivity index (χ0v) is 11.6. The molecule has 1 aromatic rings. The number of halogens is 4. The van der Waals surface area contributed by atoms with Gasteiger partial charge in [-0.15, -0.1) is 0 Å². The predicted molar refractivity (Wildman–Crippen MR) is 69.0 cm³/mol. The maximum absolute atomic E-state index is 12.6. The average Bonchev–Trinajstić information content (AvgIpc) is 2.62. The highest BCUT2D eigenvalue weighted by atomic mass is 35.5. The van der Waals surface area contributed by atoms with Crippen LogP contribution in [0.25, 0.3) is 0 Å². The summed E-state index contributed by atoms with van der Waals surface area (Å²) >= 11 is 5.85. The molecule has 1 aliphatic heterocycles. The monoisotopic (exact) mass is 318 g/mol. The van der Waals surface area contributed by atoms with Gasteiger partial charge in [0.2, 0.25) is 0 Å². The standard InChI is InChI=1S/C13H10ClF3N2O2/c1-7-11(5-13(15,16)17)19(12(20)21-7)9-3-2-8(6-18)10(14)4-9/h2-4,7,11H,5H2,1H3. The van der Waals surface area contributed by atoms with E-state index in [0.29, 0.717) is 0 Å². The van der Waals surface area contributed by atoms with Gasteiger partial charge in [-0.2, -0.15) is 18.4 Å². The van der Waals surface area contributed by atoms with E-state index in [2.05, 4.69) is 0 Å². The van der Waals surface area contributed by atoms with E-state index in [-0.39, 0.29) is 16.3 Å². The second kappa shape index (κ2) is 5.45. The highest BCUT2D eigenvalue weighted by Gasteiger charge is 2.46. The quantitative estimate of drug-likeness (QED) is 0.831. The van der Waals surface area contributed by atoms with Crippen LogP contribution in [-0.4, -0.2) is 24.4 Å². The lowest BCUT2D eigenvalue weighted by Gasteiger charge is -2.24. The van der Waals surface area contributed by atoms with Crippen LogP contribution >= 0.6 is 11.6 Å².